The fraction of sp³-hybridized carbons (Fsp3) is 0.800. The monoisotopic (exact) mass is 342 g/mol. The van der Waals surface area contributed by atoms with Crippen LogP contribution in [0, 0.1) is 0 Å². The Morgan fingerprint density at radius 1 is 1.17 bits per heavy atom. The zero-order chi connectivity index (χ0) is 18.2. The summed E-state index contributed by atoms with van der Waals surface area (Å²) in [6, 6.07) is -2.23. The van der Waals surface area contributed by atoms with Crippen LogP contribution in [0.1, 0.15) is 33.1 Å². The molecule has 2 aliphatic heterocycles. The van der Waals surface area contributed by atoms with E-state index in [1.807, 2.05) is 0 Å². The second-order valence-electron chi connectivity index (χ2n) is 6.73. The Morgan fingerprint density at radius 3 is 2.29 bits per heavy atom. The van der Waals surface area contributed by atoms with Gasteiger partial charge in [-0.05, 0) is 33.1 Å². The normalized spacial score (nSPS) is 29.0. The lowest BCUT2D eigenvalue weighted by molar-refractivity contribution is -0.152. The molecule has 1 spiro atoms. The number of primary amides is 1. The molecule has 0 saturated carbocycles. The first-order valence-electron chi connectivity index (χ1n) is 8.17. The number of carbonyl (C=O) groups excluding carboxylic acids is 3. The van der Waals surface area contributed by atoms with Crippen molar-refractivity contribution in [2.75, 3.05) is 13.1 Å². The average Bonchev–Trinajstić information content (AvgIpc) is 3.05. The summed E-state index contributed by atoms with van der Waals surface area (Å²) in [4.78, 5) is 39.9. The number of nitrogens with zero attached hydrogens (tertiary/aromatic N) is 2. The van der Waals surface area contributed by atoms with E-state index in [0.717, 1.165) is 0 Å². The number of rotatable bonds is 5. The minimum absolute atomic E-state index is 0.227. The molecule has 0 aromatic carbocycles. The van der Waals surface area contributed by atoms with Crippen LogP contribution < -0.4 is 11.5 Å². The number of aliphatic hydroxyl groups excluding tert-OH is 2. The number of carbonyl (C=O) groups is 3. The first-order valence-corrected chi connectivity index (χ1v) is 8.17. The molecule has 2 heterocycles. The fourth-order valence-corrected chi connectivity index (χ4v) is 3.77. The van der Waals surface area contributed by atoms with E-state index in [1.54, 1.807) is 0 Å². The van der Waals surface area contributed by atoms with Crippen molar-refractivity contribution in [2.45, 2.75) is 62.9 Å². The van der Waals surface area contributed by atoms with E-state index in [0.29, 0.717) is 25.8 Å². The van der Waals surface area contributed by atoms with Gasteiger partial charge in [0.25, 0.3) is 0 Å². The molecule has 0 radical (unpaired) electrons. The highest BCUT2D eigenvalue weighted by atomic mass is 16.3. The Balaban J connectivity index is 2.28. The van der Waals surface area contributed by atoms with Crippen LogP contribution in [0.2, 0.25) is 0 Å². The van der Waals surface area contributed by atoms with Crippen LogP contribution in [-0.2, 0) is 14.4 Å². The van der Waals surface area contributed by atoms with Gasteiger partial charge in [-0.15, -0.1) is 0 Å². The molecule has 9 heteroatoms. The van der Waals surface area contributed by atoms with Crippen molar-refractivity contribution < 1.29 is 24.6 Å². The summed E-state index contributed by atoms with van der Waals surface area (Å²) in [5, 5.41) is 19.4. The topological polar surface area (TPSA) is 150 Å². The number of hydrogen-bond donors (Lipinski definition) is 4. The third kappa shape index (κ3) is 2.87. The third-order valence-corrected chi connectivity index (χ3v) is 5.07. The molecular formula is C15H26N4O5. The van der Waals surface area contributed by atoms with Crippen molar-refractivity contribution in [3.63, 3.8) is 0 Å². The zero-order valence-electron chi connectivity index (χ0n) is 14.0. The quantitative estimate of drug-likeness (QED) is 0.434. The highest BCUT2D eigenvalue weighted by molar-refractivity contribution is 5.97. The van der Waals surface area contributed by atoms with Crippen molar-refractivity contribution in [1.82, 2.24) is 9.80 Å². The highest BCUT2D eigenvalue weighted by Crippen LogP contribution is 2.40. The molecule has 2 rings (SSSR count). The molecule has 9 nitrogen and oxygen atoms in total. The number of amides is 3. The minimum atomic E-state index is -1.13. The molecule has 5 atom stereocenters. The van der Waals surface area contributed by atoms with Gasteiger partial charge in [-0.2, -0.15) is 0 Å². The van der Waals surface area contributed by atoms with E-state index in [2.05, 4.69) is 0 Å². The van der Waals surface area contributed by atoms with E-state index in [4.69, 9.17) is 11.5 Å². The standard InChI is InChI=1S/C15H26N4O5/c1-8(20)10(16)13(23)19-6-3-4-15(19)5-7-18(14(15)24)11(9(2)21)12(17)22/h8-11,20-21H,3-7,16H2,1-2H3,(H2,17,22)/t8-,9-,10+,11+,15?/m1/s1. The Morgan fingerprint density at radius 2 is 1.79 bits per heavy atom. The summed E-state index contributed by atoms with van der Waals surface area (Å²) < 4.78 is 0. The number of nitrogens with two attached hydrogens (primary N) is 2. The van der Waals surface area contributed by atoms with Gasteiger partial charge in [0.05, 0.1) is 12.2 Å². The summed E-state index contributed by atoms with van der Waals surface area (Å²) >= 11 is 0. The van der Waals surface area contributed by atoms with E-state index in [9.17, 15) is 24.6 Å². The Hall–Kier alpha value is -1.71. The first kappa shape index (κ1) is 18.6. The highest BCUT2D eigenvalue weighted by Gasteiger charge is 2.57. The number of aliphatic hydroxyl groups is 2. The Labute approximate surface area is 140 Å². The molecule has 136 valence electrons. The van der Waals surface area contributed by atoms with Crippen LogP contribution in [0.25, 0.3) is 0 Å². The second-order valence-corrected chi connectivity index (χ2v) is 6.73. The van der Waals surface area contributed by atoms with Gasteiger partial charge in [-0.1, -0.05) is 0 Å². The minimum Gasteiger partial charge on any atom is -0.391 e. The summed E-state index contributed by atoms with van der Waals surface area (Å²) in [6.45, 7) is 3.42. The van der Waals surface area contributed by atoms with Crippen LogP contribution in [0.4, 0.5) is 0 Å². The second kappa shape index (κ2) is 6.66. The molecule has 6 N–H and O–H groups in total. The molecule has 0 aromatic rings. The van der Waals surface area contributed by atoms with Crippen molar-refractivity contribution in [1.29, 1.82) is 0 Å². The lowest BCUT2D eigenvalue weighted by Gasteiger charge is -2.36. The lowest BCUT2D eigenvalue weighted by Crippen LogP contribution is -2.60. The summed E-state index contributed by atoms with van der Waals surface area (Å²) in [7, 11) is 0. The van der Waals surface area contributed by atoms with Crippen LogP contribution >= 0.6 is 0 Å². The molecule has 2 aliphatic rings. The Kier molecular flexibility index (Phi) is 5.17. The molecule has 0 aliphatic carbocycles. The van der Waals surface area contributed by atoms with E-state index in [1.165, 1.54) is 23.6 Å². The number of hydrogen-bond acceptors (Lipinski definition) is 6. The van der Waals surface area contributed by atoms with Crippen molar-refractivity contribution in [3.05, 3.63) is 0 Å². The predicted molar refractivity (Wildman–Crippen MR) is 84.3 cm³/mol. The Bertz CT molecular complexity index is 538. The first-order chi connectivity index (χ1) is 11.1. The molecule has 0 bridgehead atoms. The largest absolute Gasteiger partial charge is 0.391 e. The molecule has 24 heavy (non-hydrogen) atoms. The van der Waals surface area contributed by atoms with E-state index >= 15 is 0 Å². The molecule has 2 saturated heterocycles. The van der Waals surface area contributed by atoms with E-state index in [-0.39, 0.29) is 6.54 Å². The lowest BCUT2D eigenvalue weighted by atomic mass is 9.93. The van der Waals surface area contributed by atoms with Crippen LogP contribution in [0.5, 0.6) is 0 Å². The average molecular weight is 342 g/mol. The van der Waals surface area contributed by atoms with Gasteiger partial charge in [0.15, 0.2) is 0 Å². The van der Waals surface area contributed by atoms with Gasteiger partial charge < -0.3 is 31.5 Å². The smallest absolute Gasteiger partial charge is 0.249 e. The molecule has 1 unspecified atom stereocenters. The van der Waals surface area contributed by atoms with Gasteiger partial charge in [0, 0.05) is 13.1 Å². The zero-order valence-corrected chi connectivity index (χ0v) is 14.0. The molecule has 3 amide bonds. The number of likely N-dealkylation sites (tertiary alicyclic amines) is 2. The SMILES string of the molecule is C[C@@H](O)[C@H](N)C(=O)N1CCCC12CCN([C@H](C(N)=O)[C@@H](C)O)C2=O. The van der Waals surface area contributed by atoms with E-state index < -0.39 is 47.6 Å². The van der Waals surface area contributed by atoms with Gasteiger partial charge in [-0.3, -0.25) is 14.4 Å². The van der Waals surface area contributed by atoms with Gasteiger partial charge >= 0.3 is 0 Å². The van der Waals surface area contributed by atoms with Gasteiger partial charge in [0.1, 0.15) is 17.6 Å². The van der Waals surface area contributed by atoms with Crippen LogP contribution in [-0.4, -0.2) is 80.7 Å². The van der Waals surface area contributed by atoms with Crippen LogP contribution in [0.3, 0.4) is 0 Å². The maximum absolute atomic E-state index is 13.0. The van der Waals surface area contributed by atoms with Crippen LogP contribution in [0.15, 0.2) is 0 Å². The maximum Gasteiger partial charge on any atom is 0.249 e. The van der Waals surface area contributed by atoms with Gasteiger partial charge in [-0.25, -0.2) is 0 Å². The fourth-order valence-electron chi connectivity index (χ4n) is 3.77. The third-order valence-electron chi connectivity index (χ3n) is 5.07. The summed E-state index contributed by atoms with van der Waals surface area (Å²) in [5.74, 6) is -1.66. The van der Waals surface area contributed by atoms with Crippen molar-refractivity contribution in [2.24, 2.45) is 11.5 Å². The predicted octanol–water partition coefficient (Wildman–Crippen LogP) is -2.48. The maximum atomic E-state index is 13.0. The van der Waals surface area contributed by atoms with Gasteiger partial charge in [0.2, 0.25) is 17.7 Å². The molecule has 0 aromatic heterocycles. The van der Waals surface area contributed by atoms with Crippen molar-refractivity contribution in [3.8, 4) is 0 Å². The molecular weight excluding hydrogens is 316 g/mol. The summed E-state index contributed by atoms with van der Waals surface area (Å²) in [6.07, 6.45) is -0.689. The summed E-state index contributed by atoms with van der Waals surface area (Å²) in [5.41, 5.74) is 10.0. The van der Waals surface area contributed by atoms with Crippen molar-refractivity contribution >= 4 is 17.7 Å². The molecule has 2 fully saturated rings.